The lowest BCUT2D eigenvalue weighted by molar-refractivity contribution is 0.0951. The topological polar surface area (TPSA) is 38.3 Å². The van der Waals surface area contributed by atoms with E-state index in [9.17, 15) is 4.79 Å². The van der Waals surface area contributed by atoms with E-state index in [4.69, 9.17) is 4.74 Å². The summed E-state index contributed by atoms with van der Waals surface area (Å²) in [5.74, 6) is 1.11. The summed E-state index contributed by atoms with van der Waals surface area (Å²) in [4.78, 5) is 12.5. The van der Waals surface area contributed by atoms with Crippen molar-refractivity contribution in [3.8, 4) is 5.75 Å². The Bertz CT molecular complexity index is 474. The van der Waals surface area contributed by atoms with E-state index in [1.807, 2.05) is 26.8 Å². The smallest absolute Gasteiger partial charge is 0.180 e. The van der Waals surface area contributed by atoms with Gasteiger partial charge >= 0.3 is 0 Å². The van der Waals surface area contributed by atoms with E-state index in [1.165, 1.54) is 0 Å². The first-order chi connectivity index (χ1) is 8.56. The third-order valence-corrected chi connectivity index (χ3v) is 3.87. The van der Waals surface area contributed by atoms with E-state index in [1.54, 1.807) is 7.11 Å². The predicted molar refractivity (Wildman–Crippen MR) is 72.6 cm³/mol. The second-order valence-electron chi connectivity index (χ2n) is 5.04. The molecular formula is C15H21NO2. The molecule has 0 bridgehead atoms. The fourth-order valence-electron chi connectivity index (χ4n) is 2.72. The van der Waals surface area contributed by atoms with Crippen LogP contribution in [0.2, 0.25) is 0 Å². The van der Waals surface area contributed by atoms with Gasteiger partial charge in [0.05, 0.1) is 13.2 Å². The van der Waals surface area contributed by atoms with Gasteiger partial charge in [-0.3, -0.25) is 4.79 Å². The fraction of sp³-hybridized carbons (Fsp3) is 0.533. The maximum Gasteiger partial charge on any atom is 0.180 e. The average Bonchev–Trinajstić information content (AvgIpc) is 2.87. The molecule has 98 valence electrons. The Morgan fingerprint density at radius 2 is 2.06 bits per heavy atom. The van der Waals surface area contributed by atoms with Gasteiger partial charge in [0, 0.05) is 5.56 Å². The zero-order valence-corrected chi connectivity index (χ0v) is 11.6. The van der Waals surface area contributed by atoms with Gasteiger partial charge in [0.1, 0.15) is 5.75 Å². The number of rotatable bonds is 3. The molecule has 1 aromatic carbocycles. The Morgan fingerprint density at radius 1 is 1.33 bits per heavy atom. The lowest BCUT2D eigenvalue weighted by atomic mass is 9.93. The Morgan fingerprint density at radius 3 is 2.61 bits per heavy atom. The third kappa shape index (κ3) is 2.15. The predicted octanol–water partition coefficient (Wildman–Crippen LogP) is 2.56. The van der Waals surface area contributed by atoms with Crippen LogP contribution in [0, 0.1) is 20.8 Å². The number of carbonyl (C=O) groups excluding carboxylic acids is 1. The summed E-state index contributed by atoms with van der Waals surface area (Å²) in [5.41, 5.74) is 3.97. The number of aryl methyl sites for hydroxylation is 1. The molecule has 1 saturated heterocycles. The van der Waals surface area contributed by atoms with Crippen molar-refractivity contribution in [2.24, 2.45) is 0 Å². The molecule has 1 N–H and O–H groups in total. The Kier molecular flexibility index (Phi) is 3.71. The molecule has 1 heterocycles. The highest BCUT2D eigenvalue weighted by Crippen LogP contribution is 2.29. The highest BCUT2D eigenvalue weighted by atomic mass is 16.5. The largest absolute Gasteiger partial charge is 0.496 e. The average molecular weight is 247 g/mol. The molecule has 0 saturated carbocycles. The Balaban J connectivity index is 2.42. The van der Waals surface area contributed by atoms with Crippen LogP contribution in [0.25, 0.3) is 0 Å². The van der Waals surface area contributed by atoms with Crippen LogP contribution in [0.3, 0.4) is 0 Å². The monoisotopic (exact) mass is 247 g/mol. The molecule has 0 amide bonds. The third-order valence-electron chi connectivity index (χ3n) is 3.87. The van der Waals surface area contributed by atoms with Crippen molar-refractivity contribution in [1.29, 1.82) is 0 Å². The van der Waals surface area contributed by atoms with Gasteiger partial charge in [0.2, 0.25) is 0 Å². The lowest BCUT2D eigenvalue weighted by Crippen LogP contribution is -2.31. The fourth-order valence-corrected chi connectivity index (χ4v) is 2.72. The number of Topliss-reactive ketones (excluding diaryl/α,β-unsaturated/α-hetero) is 1. The van der Waals surface area contributed by atoms with Gasteiger partial charge in [0.25, 0.3) is 0 Å². The maximum atomic E-state index is 12.5. The van der Waals surface area contributed by atoms with E-state index in [0.717, 1.165) is 47.4 Å². The minimum Gasteiger partial charge on any atom is -0.496 e. The van der Waals surface area contributed by atoms with Crippen LogP contribution in [0.4, 0.5) is 0 Å². The van der Waals surface area contributed by atoms with Crippen molar-refractivity contribution in [1.82, 2.24) is 5.32 Å². The second kappa shape index (κ2) is 5.11. The summed E-state index contributed by atoms with van der Waals surface area (Å²) in [5, 5.41) is 3.27. The molecule has 1 aromatic rings. The summed E-state index contributed by atoms with van der Waals surface area (Å²) in [6.45, 7) is 6.95. The molecule has 0 aromatic heterocycles. The first-order valence-electron chi connectivity index (χ1n) is 6.48. The number of methoxy groups -OCH3 is 1. The first-order valence-corrected chi connectivity index (χ1v) is 6.48. The van der Waals surface area contributed by atoms with Gasteiger partial charge in [-0.15, -0.1) is 0 Å². The molecular weight excluding hydrogens is 226 g/mol. The van der Waals surface area contributed by atoms with Crippen molar-refractivity contribution in [3.63, 3.8) is 0 Å². The molecule has 1 fully saturated rings. The minimum atomic E-state index is -0.00380. The van der Waals surface area contributed by atoms with E-state index in [2.05, 4.69) is 5.32 Å². The standard InChI is InChI=1S/C15H21NO2/c1-9-8-12(10(2)11(3)15(9)18-4)14(17)13-6-5-7-16-13/h8,13,16H,5-7H2,1-4H3. The number of ketones is 1. The van der Waals surface area contributed by atoms with Gasteiger partial charge in [-0.05, 0) is 62.9 Å². The number of benzene rings is 1. The molecule has 3 nitrogen and oxygen atoms in total. The lowest BCUT2D eigenvalue weighted by Gasteiger charge is -2.17. The van der Waals surface area contributed by atoms with E-state index in [0.29, 0.717) is 0 Å². The van der Waals surface area contributed by atoms with Gasteiger partial charge in [0.15, 0.2) is 5.78 Å². The van der Waals surface area contributed by atoms with Crippen LogP contribution in [-0.2, 0) is 0 Å². The summed E-state index contributed by atoms with van der Waals surface area (Å²) >= 11 is 0. The van der Waals surface area contributed by atoms with Gasteiger partial charge in [-0.1, -0.05) is 0 Å². The van der Waals surface area contributed by atoms with Crippen molar-refractivity contribution >= 4 is 5.78 Å². The molecule has 2 rings (SSSR count). The Hall–Kier alpha value is -1.35. The van der Waals surface area contributed by atoms with E-state index in [-0.39, 0.29) is 11.8 Å². The molecule has 1 atom stereocenters. The summed E-state index contributed by atoms with van der Waals surface area (Å²) < 4.78 is 5.39. The number of hydrogen-bond acceptors (Lipinski definition) is 3. The van der Waals surface area contributed by atoms with Crippen molar-refractivity contribution in [3.05, 3.63) is 28.3 Å². The number of ether oxygens (including phenoxy) is 1. The van der Waals surface area contributed by atoms with Gasteiger partial charge in [-0.2, -0.15) is 0 Å². The molecule has 3 heteroatoms. The number of carbonyl (C=O) groups is 1. The number of hydrogen-bond donors (Lipinski definition) is 1. The summed E-state index contributed by atoms with van der Waals surface area (Å²) in [7, 11) is 1.68. The van der Waals surface area contributed by atoms with E-state index >= 15 is 0 Å². The summed E-state index contributed by atoms with van der Waals surface area (Å²) in [6, 6.07) is 1.96. The maximum absolute atomic E-state index is 12.5. The number of nitrogens with one attached hydrogen (secondary N) is 1. The normalized spacial score (nSPS) is 19.0. The van der Waals surface area contributed by atoms with Gasteiger partial charge < -0.3 is 10.1 Å². The van der Waals surface area contributed by atoms with Crippen LogP contribution >= 0.6 is 0 Å². The molecule has 18 heavy (non-hydrogen) atoms. The second-order valence-corrected chi connectivity index (χ2v) is 5.04. The highest BCUT2D eigenvalue weighted by molar-refractivity contribution is 6.02. The van der Waals surface area contributed by atoms with Gasteiger partial charge in [-0.25, -0.2) is 0 Å². The van der Waals surface area contributed by atoms with Crippen molar-refractivity contribution in [2.75, 3.05) is 13.7 Å². The molecule has 1 unspecified atom stereocenters. The van der Waals surface area contributed by atoms with Crippen LogP contribution in [0.15, 0.2) is 6.07 Å². The van der Waals surface area contributed by atoms with Crippen molar-refractivity contribution < 1.29 is 9.53 Å². The Labute approximate surface area is 109 Å². The van der Waals surface area contributed by atoms with Crippen LogP contribution in [-0.4, -0.2) is 25.5 Å². The first kappa shape index (κ1) is 13.1. The SMILES string of the molecule is COc1c(C)cc(C(=O)C2CCCN2)c(C)c1C. The minimum absolute atomic E-state index is 0.00380. The van der Waals surface area contributed by atoms with Crippen molar-refractivity contribution in [2.45, 2.75) is 39.7 Å². The molecule has 1 aliphatic rings. The van der Waals surface area contributed by atoms with Crippen LogP contribution in [0.1, 0.15) is 39.9 Å². The molecule has 1 aliphatic heterocycles. The summed E-state index contributed by atoms with van der Waals surface area (Å²) in [6.07, 6.45) is 2.03. The highest BCUT2D eigenvalue weighted by Gasteiger charge is 2.25. The zero-order valence-electron chi connectivity index (χ0n) is 11.6. The quantitative estimate of drug-likeness (QED) is 0.834. The molecule has 0 spiro atoms. The molecule has 0 radical (unpaired) electrons. The molecule has 0 aliphatic carbocycles. The van der Waals surface area contributed by atoms with Crippen LogP contribution in [0.5, 0.6) is 5.75 Å². The van der Waals surface area contributed by atoms with Crippen LogP contribution < -0.4 is 10.1 Å². The zero-order chi connectivity index (χ0) is 13.3. The van der Waals surface area contributed by atoms with E-state index < -0.39 is 0 Å².